The predicted molar refractivity (Wildman–Crippen MR) is 75.9 cm³/mol. The second-order valence-corrected chi connectivity index (χ2v) is 4.74. The van der Waals surface area contributed by atoms with E-state index in [9.17, 15) is 4.39 Å². The molecule has 0 aromatic heterocycles. The van der Waals surface area contributed by atoms with E-state index in [1.54, 1.807) is 12.1 Å². The van der Waals surface area contributed by atoms with E-state index in [2.05, 4.69) is 19.2 Å². The lowest BCUT2D eigenvalue weighted by Gasteiger charge is -2.11. The Morgan fingerprint density at radius 1 is 1.00 bits per heavy atom. The maximum atomic E-state index is 12.8. The van der Waals surface area contributed by atoms with Gasteiger partial charge in [0, 0.05) is 11.7 Å². The summed E-state index contributed by atoms with van der Waals surface area (Å²) in [5.74, 6) is 0.575. The Kier molecular flexibility index (Phi) is 4.39. The Hall–Kier alpha value is -2.03. The van der Waals surface area contributed by atoms with E-state index in [4.69, 9.17) is 4.74 Å². The molecule has 0 saturated heterocycles. The summed E-state index contributed by atoms with van der Waals surface area (Å²) in [6.45, 7) is 4.63. The summed E-state index contributed by atoms with van der Waals surface area (Å²) in [6, 6.07) is 14.6. The molecule has 0 saturated carbocycles. The number of hydrogen-bond acceptors (Lipinski definition) is 2. The van der Waals surface area contributed by atoms with Gasteiger partial charge in [0.15, 0.2) is 0 Å². The van der Waals surface area contributed by atoms with Crippen LogP contribution in [-0.4, -0.2) is 6.04 Å². The van der Waals surface area contributed by atoms with Gasteiger partial charge in [-0.15, -0.1) is 0 Å². The van der Waals surface area contributed by atoms with Crippen molar-refractivity contribution in [3.05, 3.63) is 59.9 Å². The first-order chi connectivity index (χ1) is 9.13. The quantitative estimate of drug-likeness (QED) is 0.867. The lowest BCUT2D eigenvalue weighted by molar-refractivity contribution is 0.306. The van der Waals surface area contributed by atoms with Gasteiger partial charge in [0.2, 0.25) is 0 Å². The summed E-state index contributed by atoms with van der Waals surface area (Å²) >= 11 is 0. The maximum absolute atomic E-state index is 12.8. The van der Waals surface area contributed by atoms with E-state index in [1.165, 1.54) is 12.1 Å². The zero-order valence-electron chi connectivity index (χ0n) is 11.2. The molecule has 3 heteroatoms. The summed E-state index contributed by atoms with van der Waals surface area (Å²) in [5.41, 5.74) is 2.02. The highest BCUT2D eigenvalue weighted by molar-refractivity contribution is 5.46. The van der Waals surface area contributed by atoms with Crippen molar-refractivity contribution in [3.63, 3.8) is 0 Å². The smallest absolute Gasteiger partial charge is 0.123 e. The molecule has 19 heavy (non-hydrogen) atoms. The van der Waals surface area contributed by atoms with E-state index >= 15 is 0 Å². The molecule has 0 fully saturated rings. The van der Waals surface area contributed by atoms with Gasteiger partial charge in [0.25, 0.3) is 0 Å². The highest BCUT2D eigenvalue weighted by atomic mass is 19.1. The third kappa shape index (κ3) is 4.28. The van der Waals surface area contributed by atoms with Crippen molar-refractivity contribution in [2.75, 3.05) is 5.32 Å². The van der Waals surface area contributed by atoms with Crippen LogP contribution in [0.1, 0.15) is 19.4 Å². The Labute approximate surface area is 113 Å². The van der Waals surface area contributed by atoms with Gasteiger partial charge in [-0.1, -0.05) is 12.1 Å². The lowest BCUT2D eigenvalue weighted by Crippen LogP contribution is -2.09. The van der Waals surface area contributed by atoms with Gasteiger partial charge in [0.1, 0.15) is 18.2 Å². The zero-order chi connectivity index (χ0) is 13.7. The minimum Gasteiger partial charge on any atom is -0.489 e. The van der Waals surface area contributed by atoms with E-state index in [-0.39, 0.29) is 5.82 Å². The molecule has 2 aromatic carbocycles. The molecule has 0 atom stereocenters. The molecule has 0 spiro atoms. The monoisotopic (exact) mass is 259 g/mol. The van der Waals surface area contributed by atoms with E-state index in [0.29, 0.717) is 12.6 Å². The van der Waals surface area contributed by atoms with Gasteiger partial charge < -0.3 is 10.1 Å². The van der Waals surface area contributed by atoms with Crippen LogP contribution in [-0.2, 0) is 6.61 Å². The molecule has 2 nitrogen and oxygen atoms in total. The maximum Gasteiger partial charge on any atom is 0.123 e. The average molecular weight is 259 g/mol. The number of benzene rings is 2. The van der Waals surface area contributed by atoms with Crippen molar-refractivity contribution < 1.29 is 9.13 Å². The number of rotatable bonds is 5. The molecule has 0 heterocycles. The third-order valence-electron chi connectivity index (χ3n) is 2.63. The molecule has 0 bridgehead atoms. The average Bonchev–Trinajstić information content (AvgIpc) is 2.39. The summed E-state index contributed by atoms with van der Waals surface area (Å²) < 4.78 is 18.4. The number of nitrogens with one attached hydrogen (secondary N) is 1. The summed E-state index contributed by atoms with van der Waals surface area (Å²) in [6.07, 6.45) is 0. The highest BCUT2D eigenvalue weighted by Gasteiger charge is 1.98. The third-order valence-corrected chi connectivity index (χ3v) is 2.63. The first-order valence-corrected chi connectivity index (χ1v) is 6.37. The first-order valence-electron chi connectivity index (χ1n) is 6.37. The lowest BCUT2D eigenvalue weighted by atomic mass is 10.2. The SMILES string of the molecule is CC(C)Nc1ccc(OCc2ccc(F)cc2)cc1. The van der Waals surface area contributed by atoms with E-state index in [0.717, 1.165) is 17.0 Å². The van der Waals surface area contributed by atoms with Crippen LogP contribution in [0.4, 0.5) is 10.1 Å². The van der Waals surface area contributed by atoms with Crippen LogP contribution in [0.2, 0.25) is 0 Å². The largest absolute Gasteiger partial charge is 0.489 e. The minimum atomic E-state index is -0.229. The molecule has 1 N–H and O–H groups in total. The van der Waals surface area contributed by atoms with Crippen LogP contribution in [0.3, 0.4) is 0 Å². The minimum absolute atomic E-state index is 0.229. The molecular weight excluding hydrogens is 241 g/mol. The van der Waals surface area contributed by atoms with Gasteiger partial charge in [-0.05, 0) is 55.8 Å². The van der Waals surface area contributed by atoms with Crippen LogP contribution in [0.25, 0.3) is 0 Å². The Balaban J connectivity index is 1.91. The van der Waals surface area contributed by atoms with E-state index in [1.807, 2.05) is 24.3 Å². The van der Waals surface area contributed by atoms with Crippen molar-refractivity contribution in [3.8, 4) is 5.75 Å². The van der Waals surface area contributed by atoms with Crippen molar-refractivity contribution >= 4 is 5.69 Å². The number of hydrogen-bond donors (Lipinski definition) is 1. The van der Waals surface area contributed by atoms with Crippen molar-refractivity contribution in [2.24, 2.45) is 0 Å². The summed E-state index contributed by atoms with van der Waals surface area (Å²) in [7, 11) is 0. The molecule has 0 amide bonds. The number of ether oxygens (including phenoxy) is 1. The summed E-state index contributed by atoms with van der Waals surface area (Å²) in [5, 5.41) is 3.31. The topological polar surface area (TPSA) is 21.3 Å². The zero-order valence-corrected chi connectivity index (χ0v) is 11.2. The second-order valence-electron chi connectivity index (χ2n) is 4.74. The van der Waals surface area contributed by atoms with Gasteiger partial charge >= 0.3 is 0 Å². The Morgan fingerprint density at radius 2 is 1.63 bits per heavy atom. The molecule has 0 radical (unpaired) electrons. The molecule has 0 aliphatic carbocycles. The second kappa shape index (κ2) is 6.23. The van der Waals surface area contributed by atoms with Gasteiger partial charge in [-0.2, -0.15) is 0 Å². The Bertz CT molecular complexity index is 505. The fourth-order valence-electron chi connectivity index (χ4n) is 1.73. The normalized spacial score (nSPS) is 10.5. The fraction of sp³-hybridized carbons (Fsp3) is 0.250. The van der Waals surface area contributed by atoms with Gasteiger partial charge in [-0.3, -0.25) is 0 Å². The summed E-state index contributed by atoms with van der Waals surface area (Å²) in [4.78, 5) is 0. The van der Waals surface area contributed by atoms with Crippen LogP contribution < -0.4 is 10.1 Å². The van der Waals surface area contributed by atoms with Crippen molar-refractivity contribution in [2.45, 2.75) is 26.5 Å². The van der Waals surface area contributed by atoms with Crippen LogP contribution in [0.15, 0.2) is 48.5 Å². The van der Waals surface area contributed by atoms with E-state index < -0.39 is 0 Å². The molecule has 2 rings (SSSR count). The number of halogens is 1. The standard InChI is InChI=1S/C16H18FNO/c1-12(2)18-15-7-9-16(10-8-15)19-11-13-3-5-14(17)6-4-13/h3-10,12,18H,11H2,1-2H3. The molecule has 0 aliphatic rings. The molecule has 0 unspecified atom stereocenters. The fourth-order valence-corrected chi connectivity index (χ4v) is 1.73. The van der Waals surface area contributed by atoms with Crippen LogP contribution in [0.5, 0.6) is 5.75 Å². The first kappa shape index (κ1) is 13.4. The molecule has 2 aromatic rings. The Morgan fingerprint density at radius 3 is 2.21 bits per heavy atom. The van der Waals surface area contributed by atoms with Crippen LogP contribution >= 0.6 is 0 Å². The molecule has 0 aliphatic heterocycles. The predicted octanol–water partition coefficient (Wildman–Crippen LogP) is 4.23. The van der Waals surface area contributed by atoms with Crippen molar-refractivity contribution in [1.82, 2.24) is 0 Å². The van der Waals surface area contributed by atoms with Gasteiger partial charge in [0.05, 0.1) is 0 Å². The number of anilines is 1. The molecule has 100 valence electrons. The van der Waals surface area contributed by atoms with Crippen molar-refractivity contribution in [1.29, 1.82) is 0 Å². The van der Waals surface area contributed by atoms with Crippen LogP contribution in [0, 0.1) is 5.82 Å². The highest BCUT2D eigenvalue weighted by Crippen LogP contribution is 2.17. The van der Waals surface area contributed by atoms with Gasteiger partial charge in [-0.25, -0.2) is 4.39 Å². The molecular formula is C16H18FNO.